The summed E-state index contributed by atoms with van der Waals surface area (Å²) in [5.41, 5.74) is 6.80. The summed E-state index contributed by atoms with van der Waals surface area (Å²) in [5.74, 6) is 0.769. The zero-order valence-corrected chi connectivity index (χ0v) is 13.2. The van der Waals surface area contributed by atoms with Crippen LogP contribution in [0.15, 0.2) is 18.2 Å². The lowest BCUT2D eigenvalue weighted by Gasteiger charge is -2.45. The third-order valence-corrected chi connectivity index (χ3v) is 6.65. The molecule has 1 aromatic heterocycles. The topological polar surface area (TPSA) is 46.3 Å². The SMILES string of the molecule is NC(=O)c1sc2c(Cl)cccc2c1[C@@H]1CN2CCC1CC2. The monoisotopic (exact) mass is 320 g/mol. The number of fused-ring (bicyclic) bond motifs is 4. The van der Waals surface area contributed by atoms with Gasteiger partial charge >= 0.3 is 0 Å². The first-order chi connectivity index (χ1) is 10.1. The second kappa shape index (κ2) is 4.97. The van der Waals surface area contributed by atoms with Crippen LogP contribution in [0, 0.1) is 5.92 Å². The van der Waals surface area contributed by atoms with Gasteiger partial charge in [0.1, 0.15) is 0 Å². The van der Waals surface area contributed by atoms with Crippen molar-refractivity contribution in [2.75, 3.05) is 19.6 Å². The van der Waals surface area contributed by atoms with Crippen LogP contribution in [0.4, 0.5) is 0 Å². The number of nitrogens with zero attached hydrogens (tertiary/aromatic N) is 1. The number of carbonyl (C=O) groups excluding carboxylic acids is 1. The average molecular weight is 321 g/mol. The molecule has 110 valence electrons. The smallest absolute Gasteiger partial charge is 0.259 e. The fraction of sp³-hybridized carbons (Fsp3) is 0.438. The number of nitrogens with two attached hydrogens (primary N) is 1. The Morgan fingerprint density at radius 3 is 2.71 bits per heavy atom. The molecule has 0 aliphatic carbocycles. The molecule has 0 saturated carbocycles. The van der Waals surface area contributed by atoms with Crippen molar-refractivity contribution in [2.24, 2.45) is 11.7 Å². The number of amides is 1. The number of carbonyl (C=O) groups is 1. The van der Waals surface area contributed by atoms with Crippen molar-refractivity contribution in [2.45, 2.75) is 18.8 Å². The van der Waals surface area contributed by atoms with Gasteiger partial charge in [0.15, 0.2) is 0 Å². The predicted molar refractivity (Wildman–Crippen MR) is 87.3 cm³/mol. The molecule has 0 unspecified atom stereocenters. The molecule has 5 heteroatoms. The molecule has 21 heavy (non-hydrogen) atoms. The van der Waals surface area contributed by atoms with E-state index in [1.165, 1.54) is 37.3 Å². The third-order valence-electron chi connectivity index (χ3n) is 4.96. The minimum Gasteiger partial charge on any atom is -0.365 e. The number of thiophene rings is 1. The highest BCUT2D eigenvalue weighted by molar-refractivity contribution is 7.21. The fourth-order valence-corrected chi connectivity index (χ4v) is 5.37. The Morgan fingerprint density at radius 1 is 1.33 bits per heavy atom. The Labute approximate surface area is 132 Å². The molecule has 2 N–H and O–H groups in total. The predicted octanol–water partition coefficient (Wildman–Crippen LogP) is 3.46. The molecule has 3 fully saturated rings. The Balaban J connectivity index is 1.92. The normalized spacial score (nSPS) is 28.1. The Morgan fingerprint density at radius 2 is 2.10 bits per heavy atom. The second-order valence-corrected chi connectivity index (χ2v) is 7.50. The maximum Gasteiger partial charge on any atom is 0.259 e. The zero-order chi connectivity index (χ0) is 14.6. The molecule has 0 spiro atoms. The molecule has 1 amide bonds. The van der Waals surface area contributed by atoms with Gasteiger partial charge in [0.25, 0.3) is 5.91 Å². The van der Waals surface area contributed by atoms with E-state index < -0.39 is 0 Å². The van der Waals surface area contributed by atoms with Crippen LogP contribution in [0.2, 0.25) is 5.02 Å². The van der Waals surface area contributed by atoms with Crippen LogP contribution in [0.3, 0.4) is 0 Å². The molecule has 3 nitrogen and oxygen atoms in total. The van der Waals surface area contributed by atoms with Crippen molar-refractivity contribution in [1.29, 1.82) is 0 Å². The minimum atomic E-state index is -0.321. The van der Waals surface area contributed by atoms with E-state index in [0.29, 0.717) is 21.7 Å². The number of primary amides is 1. The van der Waals surface area contributed by atoms with E-state index >= 15 is 0 Å². The first-order valence-corrected chi connectivity index (χ1v) is 8.57. The van der Waals surface area contributed by atoms with Crippen molar-refractivity contribution in [3.8, 4) is 0 Å². The summed E-state index contributed by atoms with van der Waals surface area (Å²) in [4.78, 5) is 15.1. The zero-order valence-electron chi connectivity index (χ0n) is 11.6. The summed E-state index contributed by atoms with van der Waals surface area (Å²) in [6.45, 7) is 3.43. The molecule has 1 atom stereocenters. The van der Waals surface area contributed by atoms with Crippen LogP contribution >= 0.6 is 22.9 Å². The van der Waals surface area contributed by atoms with E-state index in [2.05, 4.69) is 11.0 Å². The molecule has 2 aromatic rings. The maximum absolute atomic E-state index is 11.9. The standard InChI is InChI=1S/C16H17ClN2OS/c17-12-3-1-2-10-13(15(16(18)20)21-14(10)12)11-8-19-6-4-9(11)5-7-19/h1-3,9,11H,4-8H2,(H2,18,20)/t11-/m1/s1. The van der Waals surface area contributed by atoms with Crippen LogP contribution in [-0.4, -0.2) is 30.4 Å². The van der Waals surface area contributed by atoms with Gasteiger partial charge in [-0.2, -0.15) is 0 Å². The Bertz CT molecular complexity index is 718. The number of hydrogen-bond donors (Lipinski definition) is 1. The molecule has 1 aromatic carbocycles. The van der Waals surface area contributed by atoms with Crippen molar-refractivity contribution in [1.82, 2.24) is 4.90 Å². The number of halogens is 1. The largest absolute Gasteiger partial charge is 0.365 e. The van der Waals surface area contributed by atoms with Gasteiger partial charge in [-0.1, -0.05) is 23.7 Å². The van der Waals surface area contributed by atoms with E-state index in [1.54, 1.807) is 0 Å². The van der Waals surface area contributed by atoms with Crippen LogP contribution in [0.25, 0.3) is 10.1 Å². The number of hydrogen-bond acceptors (Lipinski definition) is 3. The minimum absolute atomic E-state index is 0.321. The van der Waals surface area contributed by atoms with Gasteiger partial charge in [-0.15, -0.1) is 11.3 Å². The van der Waals surface area contributed by atoms with Crippen molar-refractivity contribution in [3.63, 3.8) is 0 Å². The molecule has 3 aliphatic rings. The highest BCUT2D eigenvalue weighted by atomic mass is 35.5. The summed E-state index contributed by atoms with van der Waals surface area (Å²) < 4.78 is 0.999. The van der Waals surface area contributed by atoms with E-state index in [1.807, 2.05) is 12.1 Å². The molecule has 5 rings (SSSR count). The quantitative estimate of drug-likeness (QED) is 0.921. The average Bonchev–Trinajstić information content (AvgIpc) is 2.89. The van der Waals surface area contributed by atoms with Crippen LogP contribution in [-0.2, 0) is 0 Å². The van der Waals surface area contributed by atoms with Crippen molar-refractivity contribution in [3.05, 3.63) is 33.7 Å². The lowest BCUT2D eigenvalue weighted by atomic mass is 9.74. The lowest BCUT2D eigenvalue weighted by molar-refractivity contribution is 0.0864. The van der Waals surface area contributed by atoms with Gasteiger partial charge in [0.05, 0.1) is 14.6 Å². The van der Waals surface area contributed by atoms with Gasteiger partial charge in [0, 0.05) is 12.5 Å². The molecule has 0 radical (unpaired) electrons. The van der Waals surface area contributed by atoms with Gasteiger partial charge in [-0.05, 0) is 48.9 Å². The molecular formula is C16H17ClN2OS. The van der Waals surface area contributed by atoms with Crippen molar-refractivity contribution < 1.29 is 4.79 Å². The van der Waals surface area contributed by atoms with E-state index in [4.69, 9.17) is 17.3 Å². The molecule has 4 heterocycles. The summed E-state index contributed by atoms with van der Waals surface area (Å²) in [5, 5.41) is 1.84. The highest BCUT2D eigenvalue weighted by Crippen LogP contribution is 2.46. The highest BCUT2D eigenvalue weighted by Gasteiger charge is 2.38. The second-order valence-electron chi connectivity index (χ2n) is 6.07. The van der Waals surface area contributed by atoms with Crippen LogP contribution < -0.4 is 5.73 Å². The number of rotatable bonds is 2. The van der Waals surface area contributed by atoms with Gasteiger partial charge in [0.2, 0.25) is 0 Å². The number of piperidine rings is 3. The van der Waals surface area contributed by atoms with E-state index in [0.717, 1.165) is 22.2 Å². The van der Waals surface area contributed by atoms with Crippen LogP contribution in [0.5, 0.6) is 0 Å². The van der Waals surface area contributed by atoms with Gasteiger partial charge in [-0.3, -0.25) is 4.79 Å². The summed E-state index contributed by atoms with van der Waals surface area (Å²) >= 11 is 7.77. The summed E-state index contributed by atoms with van der Waals surface area (Å²) in [7, 11) is 0. The third kappa shape index (κ3) is 2.08. The van der Waals surface area contributed by atoms with Crippen LogP contribution in [0.1, 0.15) is 34.0 Å². The Hall–Kier alpha value is -1.10. The van der Waals surface area contributed by atoms with E-state index in [-0.39, 0.29) is 5.91 Å². The fourth-order valence-electron chi connectivity index (χ4n) is 3.95. The number of benzene rings is 1. The van der Waals surface area contributed by atoms with Crippen molar-refractivity contribution >= 4 is 38.9 Å². The maximum atomic E-state index is 11.9. The Kier molecular flexibility index (Phi) is 3.21. The molecule has 2 bridgehead atoms. The molecule has 3 aliphatic heterocycles. The van der Waals surface area contributed by atoms with E-state index in [9.17, 15) is 4.79 Å². The summed E-state index contributed by atoms with van der Waals surface area (Å²) in [6.07, 6.45) is 2.45. The molecular weight excluding hydrogens is 304 g/mol. The van der Waals surface area contributed by atoms with Gasteiger partial charge in [-0.25, -0.2) is 0 Å². The summed E-state index contributed by atoms with van der Waals surface area (Å²) in [6, 6.07) is 5.93. The van der Waals surface area contributed by atoms with Gasteiger partial charge < -0.3 is 10.6 Å². The first-order valence-electron chi connectivity index (χ1n) is 7.38. The first kappa shape index (κ1) is 13.6. The molecule has 3 saturated heterocycles. The lowest BCUT2D eigenvalue weighted by Crippen LogP contribution is -2.46.